The number of amides is 1. The minimum Gasteiger partial charge on any atom is -0.351 e. The average Bonchev–Trinajstić information content (AvgIpc) is 2.31. The molecule has 1 amide bonds. The summed E-state index contributed by atoms with van der Waals surface area (Å²) >= 11 is 5.05. The molecule has 0 aromatic rings. The molecule has 1 saturated heterocycles. The van der Waals surface area contributed by atoms with Crippen LogP contribution < -0.4 is 5.32 Å². The van der Waals surface area contributed by atoms with Crippen molar-refractivity contribution in [3.8, 4) is 0 Å². The molecule has 1 aliphatic heterocycles. The third-order valence-corrected chi connectivity index (χ3v) is 2.55. The van der Waals surface area contributed by atoms with E-state index < -0.39 is 0 Å². The molecular formula is C9H17N3OS. The molecule has 0 aromatic carbocycles. The summed E-state index contributed by atoms with van der Waals surface area (Å²) in [6, 6.07) is -0.151. The molecule has 1 unspecified atom stereocenters. The van der Waals surface area contributed by atoms with Gasteiger partial charge in [-0.05, 0) is 46.2 Å². The first-order valence-electron chi connectivity index (χ1n) is 4.79. The van der Waals surface area contributed by atoms with Gasteiger partial charge in [-0.2, -0.15) is 0 Å². The predicted octanol–water partition coefficient (Wildman–Crippen LogP) is 0.0433. The highest BCUT2D eigenvalue weighted by Gasteiger charge is 2.31. The van der Waals surface area contributed by atoms with E-state index in [9.17, 15) is 4.79 Å². The molecule has 1 N–H and O–H groups in total. The molecule has 0 spiro atoms. The zero-order valence-corrected chi connectivity index (χ0v) is 9.73. The van der Waals surface area contributed by atoms with Gasteiger partial charge >= 0.3 is 0 Å². The Morgan fingerprint density at radius 1 is 1.57 bits per heavy atom. The summed E-state index contributed by atoms with van der Waals surface area (Å²) in [7, 11) is 4.04. The van der Waals surface area contributed by atoms with Gasteiger partial charge in [-0.15, -0.1) is 0 Å². The van der Waals surface area contributed by atoms with Gasteiger partial charge in [-0.1, -0.05) is 0 Å². The van der Waals surface area contributed by atoms with Gasteiger partial charge in [0, 0.05) is 6.54 Å². The van der Waals surface area contributed by atoms with Crippen LogP contribution in [-0.2, 0) is 4.79 Å². The smallest absolute Gasteiger partial charge is 0.250 e. The van der Waals surface area contributed by atoms with Crippen LogP contribution >= 0.6 is 12.2 Å². The van der Waals surface area contributed by atoms with Crippen LogP contribution in [0.3, 0.4) is 0 Å². The number of carbonyl (C=O) groups is 1. The lowest BCUT2D eigenvalue weighted by Crippen LogP contribution is -2.33. The van der Waals surface area contributed by atoms with Crippen LogP contribution in [0, 0.1) is 0 Å². The topological polar surface area (TPSA) is 35.6 Å². The molecule has 1 atom stereocenters. The van der Waals surface area contributed by atoms with Crippen LogP contribution in [-0.4, -0.2) is 54.0 Å². The standard InChI is InChI=1S/C9H17N3OS/c1-7-8(13)12(9(14)10-7)6-4-5-11(2)3/h7H,4-6H2,1-3H3,(H,10,14). The summed E-state index contributed by atoms with van der Waals surface area (Å²) in [5, 5.41) is 3.52. The van der Waals surface area contributed by atoms with Crippen LogP contribution in [0.2, 0.25) is 0 Å². The Bertz CT molecular complexity index is 242. The average molecular weight is 215 g/mol. The van der Waals surface area contributed by atoms with Crippen LogP contribution in [0.5, 0.6) is 0 Å². The second-order valence-corrected chi connectivity index (χ2v) is 4.20. The maximum absolute atomic E-state index is 11.6. The fourth-order valence-electron chi connectivity index (χ4n) is 1.42. The Morgan fingerprint density at radius 2 is 2.21 bits per heavy atom. The van der Waals surface area contributed by atoms with E-state index in [2.05, 4.69) is 10.2 Å². The first-order chi connectivity index (χ1) is 6.52. The van der Waals surface area contributed by atoms with Gasteiger partial charge < -0.3 is 10.2 Å². The number of hydrogen-bond donors (Lipinski definition) is 1. The van der Waals surface area contributed by atoms with E-state index in [1.54, 1.807) is 4.90 Å². The lowest BCUT2D eigenvalue weighted by molar-refractivity contribution is -0.126. The van der Waals surface area contributed by atoms with Gasteiger partial charge in [-0.25, -0.2) is 0 Å². The molecule has 0 saturated carbocycles. The van der Waals surface area contributed by atoms with Gasteiger partial charge in [0.05, 0.1) is 0 Å². The molecule has 1 aliphatic rings. The van der Waals surface area contributed by atoms with Crippen LogP contribution in [0.4, 0.5) is 0 Å². The largest absolute Gasteiger partial charge is 0.351 e. The summed E-state index contributed by atoms with van der Waals surface area (Å²) in [5.41, 5.74) is 0. The summed E-state index contributed by atoms with van der Waals surface area (Å²) in [4.78, 5) is 15.3. The molecule has 14 heavy (non-hydrogen) atoms. The molecule has 0 bridgehead atoms. The first kappa shape index (κ1) is 11.4. The molecule has 4 nitrogen and oxygen atoms in total. The van der Waals surface area contributed by atoms with Crippen molar-refractivity contribution in [2.75, 3.05) is 27.2 Å². The summed E-state index contributed by atoms with van der Waals surface area (Å²) < 4.78 is 0. The van der Waals surface area contributed by atoms with Crippen molar-refractivity contribution < 1.29 is 4.79 Å². The van der Waals surface area contributed by atoms with Gasteiger partial charge in [0.25, 0.3) is 5.91 Å². The maximum atomic E-state index is 11.6. The Kier molecular flexibility index (Phi) is 3.83. The fourth-order valence-corrected chi connectivity index (χ4v) is 1.77. The minimum atomic E-state index is -0.151. The van der Waals surface area contributed by atoms with E-state index in [0.29, 0.717) is 11.7 Å². The highest BCUT2D eigenvalue weighted by atomic mass is 32.1. The Labute approximate surface area is 90.2 Å². The van der Waals surface area contributed by atoms with E-state index in [-0.39, 0.29) is 11.9 Å². The van der Waals surface area contributed by atoms with E-state index in [1.807, 2.05) is 21.0 Å². The van der Waals surface area contributed by atoms with Gasteiger partial charge in [0.1, 0.15) is 6.04 Å². The van der Waals surface area contributed by atoms with Crippen molar-refractivity contribution >= 4 is 23.2 Å². The number of hydrogen-bond acceptors (Lipinski definition) is 3. The predicted molar refractivity (Wildman–Crippen MR) is 60.1 cm³/mol. The zero-order chi connectivity index (χ0) is 10.7. The van der Waals surface area contributed by atoms with E-state index >= 15 is 0 Å². The molecule has 0 aromatic heterocycles. The van der Waals surface area contributed by atoms with Gasteiger partial charge in [0.15, 0.2) is 5.11 Å². The lowest BCUT2D eigenvalue weighted by atomic mass is 10.3. The van der Waals surface area contributed by atoms with Crippen molar-refractivity contribution in [2.24, 2.45) is 0 Å². The molecule has 1 heterocycles. The molecule has 5 heteroatoms. The molecule has 80 valence electrons. The van der Waals surface area contributed by atoms with Crippen LogP contribution in [0.25, 0.3) is 0 Å². The van der Waals surface area contributed by atoms with Gasteiger partial charge in [-0.3, -0.25) is 9.69 Å². The van der Waals surface area contributed by atoms with E-state index in [4.69, 9.17) is 12.2 Å². The van der Waals surface area contributed by atoms with Crippen molar-refractivity contribution in [1.29, 1.82) is 0 Å². The normalized spacial score (nSPS) is 22.0. The highest BCUT2D eigenvalue weighted by molar-refractivity contribution is 7.80. The lowest BCUT2D eigenvalue weighted by Gasteiger charge is -2.16. The number of rotatable bonds is 4. The molecule has 0 radical (unpaired) electrons. The van der Waals surface area contributed by atoms with Crippen molar-refractivity contribution in [1.82, 2.24) is 15.1 Å². The Balaban J connectivity index is 2.37. The SMILES string of the molecule is CC1NC(=S)N(CCCN(C)C)C1=O. The molecule has 0 aliphatic carbocycles. The third-order valence-electron chi connectivity index (χ3n) is 2.21. The maximum Gasteiger partial charge on any atom is 0.250 e. The quantitative estimate of drug-likeness (QED) is 0.672. The second-order valence-electron chi connectivity index (χ2n) is 3.82. The number of nitrogens with one attached hydrogen (secondary N) is 1. The highest BCUT2D eigenvalue weighted by Crippen LogP contribution is 2.06. The first-order valence-corrected chi connectivity index (χ1v) is 5.20. The van der Waals surface area contributed by atoms with Crippen molar-refractivity contribution in [3.63, 3.8) is 0 Å². The molecule has 1 fully saturated rings. The summed E-state index contributed by atoms with van der Waals surface area (Å²) in [6.07, 6.45) is 0.952. The zero-order valence-electron chi connectivity index (χ0n) is 8.91. The summed E-state index contributed by atoms with van der Waals surface area (Å²) in [5.74, 6) is 0.0914. The number of nitrogens with zero attached hydrogens (tertiary/aromatic N) is 2. The fraction of sp³-hybridized carbons (Fsp3) is 0.778. The van der Waals surface area contributed by atoms with E-state index in [0.717, 1.165) is 13.0 Å². The number of carbonyl (C=O) groups excluding carboxylic acids is 1. The third kappa shape index (κ3) is 2.65. The molecular weight excluding hydrogens is 198 g/mol. The minimum absolute atomic E-state index is 0.0914. The molecule has 1 rings (SSSR count). The van der Waals surface area contributed by atoms with Crippen LogP contribution in [0.15, 0.2) is 0 Å². The number of thiocarbonyl (C=S) groups is 1. The summed E-state index contributed by atoms with van der Waals surface area (Å²) in [6.45, 7) is 3.52. The Hall–Kier alpha value is -0.680. The van der Waals surface area contributed by atoms with Crippen LogP contribution in [0.1, 0.15) is 13.3 Å². The van der Waals surface area contributed by atoms with E-state index in [1.165, 1.54) is 0 Å². The van der Waals surface area contributed by atoms with Gasteiger partial charge in [0.2, 0.25) is 0 Å². The Morgan fingerprint density at radius 3 is 2.64 bits per heavy atom. The van der Waals surface area contributed by atoms with Crippen molar-refractivity contribution in [2.45, 2.75) is 19.4 Å². The van der Waals surface area contributed by atoms with Crippen molar-refractivity contribution in [3.05, 3.63) is 0 Å². The monoisotopic (exact) mass is 215 g/mol. The second kappa shape index (κ2) is 4.70.